The van der Waals surface area contributed by atoms with Crippen molar-refractivity contribution in [2.45, 2.75) is 6.54 Å². The van der Waals surface area contributed by atoms with Crippen molar-refractivity contribution in [3.05, 3.63) is 77.9 Å². The lowest BCUT2D eigenvalue weighted by atomic mass is 10.3. The van der Waals surface area contributed by atoms with E-state index in [0.29, 0.717) is 5.69 Å². The normalized spacial score (nSPS) is 10.3. The minimum absolute atomic E-state index is 0.0604. The third-order valence-electron chi connectivity index (χ3n) is 3.24. The summed E-state index contributed by atoms with van der Waals surface area (Å²) in [4.78, 5) is 24.1. The maximum Gasteiger partial charge on any atom is 0.270 e. The van der Waals surface area contributed by atoms with E-state index in [-0.39, 0.29) is 23.9 Å². The van der Waals surface area contributed by atoms with E-state index in [1.54, 1.807) is 18.3 Å². The molecule has 6 nitrogen and oxygen atoms in total. The molecule has 0 atom stereocenters. The molecule has 2 aromatic heterocycles. The van der Waals surface area contributed by atoms with Crippen LogP contribution in [0.3, 0.4) is 0 Å². The molecule has 0 aliphatic carbocycles. The Morgan fingerprint density at radius 3 is 2.48 bits per heavy atom. The summed E-state index contributed by atoms with van der Waals surface area (Å²) >= 11 is 0. The van der Waals surface area contributed by atoms with Crippen molar-refractivity contribution >= 4 is 17.5 Å². The number of anilines is 2. The van der Waals surface area contributed by atoms with E-state index in [2.05, 4.69) is 25.6 Å². The Labute approximate surface area is 142 Å². The van der Waals surface area contributed by atoms with E-state index in [1.807, 2.05) is 6.07 Å². The molecule has 0 saturated carbocycles. The van der Waals surface area contributed by atoms with E-state index in [1.165, 1.54) is 18.3 Å². The van der Waals surface area contributed by atoms with Crippen molar-refractivity contribution in [3.8, 4) is 0 Å². The highest BCUT2D eigenvalue weighted by Gasteiger charge is 2.12. The largest absolute Gasteiger partial charge is 0.345 e. The lowest BCUT2D eigenvalue weighted by Crippen LogP contribution is -2.24. The number of carbonyl (C=O) groups excluding carboxylic acids is 1. The number of amides is 1. The first-order valence-corrected chi connectivity index (χ1v) is 7.35. The highest BCUT2D eigenvalue weighted by molar-refractivity contribution is 5.92. The fourth-order valence-electron chi connectivity index (χ4n) is 2.04. The molecule has 2 N–H and O–H groups in total. The topological polar surface area (TPSA) is 79.8 Å². The average Bonchev–Trinajstić information content (AvgIpc) is 2.64. The van der Waals surface area contributed by atoms with Crippen LogP contribution in [-0.2, 0) is 6.54 Å². The van der Waals surface area contributed by atoms with Crippen molar-refractivity contribution in [1.29, 1.82) is 0 Å². The Bertz CT molecular complexity index is 869. The van der Waals surface area contributed by atoms with Gasteiger partial charge < -0.3 is 10.6 Å². The lowest BCUT2D eigenvalue weighted by Gasteiger charge is -2.08. The molecule has 0 fully saturated rings. The fourth-order valence-corrected chi connectivity index (χ4v) is 2.04. The minimum atomic E-state index is -0.784. The van der Waals surface area contributed by atoms with Crippen molar-refractivity contribution < 1.29 is 13.6 Å². The van der Waals surface area contributed by atoms with Crippen molar-refractivity contribution in [1.82, 2.24) is 20.3 Å². The SMILES string of the molecule is O=C(NCc1ccccn1)c1ccnc(Nc2c(F)cccc2F)n1. The zero-order chi connectivity index (χ0) is 17.6. The van der Waals surface area contributed by atoms with Gasteiger partial charge in [0, 0.05) is 12.4 Å². The molecule has 1 aromatic carbocycles. The first kappa shape index (κ1) is 16.4. The number of rotatable bonds is 5. The van der Waals surface area contributed by atoms with Gasteiger partial charge in [0.25, 0.3) is 5.91 Å². The van der Waals surface area contributed by atoms with E-state index in [9.17, 15) is 13.6 Å². The molecule has 25 heavy (non-hydrogen) atoms. The molecule has 0 unspecified atom stereocenters. The van der Waals surface area contributed by atoms with E-state index >= 15 is 0 Å². The molecule has 0 aliphatic heterocycles. The first-order valence-electron chi connectivity index (χ1n) is 7.35. The van der Waals surface area contributed by atoms with Gasteiger partial charge in [0.05, 0.1) is 12.2 Å². The number of nitrogens with one attached hydrogen (secondary N) is 2. The number of benzene rings is 1. The van der Waals surface area contributed by atoms with Gasteiger partial charge in [0.2, 0.25) is 5.95 Å². The van der Waals surface area contributed by atoms with Gasteiger partial charge in [-0.25, -0.2) is 18.7 Å². The van der Waals surface area contributed by atoms with Gasteiger partial charge in [-0.2, -0.15) is 0 Å². The highest BCUT2D eigenvalue weighted by Crippen LogP contribution is 2.21. The predicted molar refractivity (Wildman–Crippen MR) is 87.1 cm³/mol. The quantitative estimate of drug-likeness (QED) is 0.746. The molecular weight excluding hydrogens is 328 g/mol. The lowest BCUT2D eigenvalue weighted by molar-refractivity contribution is 0.0945. The van der Waals surface area contributed by atoms with Crippen LogP contribution in [0.1, 0.15) is 16.2 Å². The average molecular weight is 341 g/mol. The Kier molecular flexibility index (Phi) is 4.89. The molecule has 0 radical (unpaired) electrons. The smallest absolute Gasteiger partial charge is 0.270 e. The molecule has 0 saturated heterocycles. The molecule has 3 aromatic rings. The molecule has 8 heteroatoms. The third-order valence-corrected chi connectivity index (χ3v) is 3.24. The third kappa shape index (κ3) is 4.11. The van der Waals surface area contributed by atoms with Crippen molar-refractivity contribution in [2.24, 2.45) is 0 Å². The van der Waals surface area contributed by atoms with Gasteiger partial charge in [-0.3, -0.25) is 9.78 Å². The Balaban J connectivity index is 1.72. The second kappa shape index (κ2) is 7.43. The Morgan fingerprint density at radius 1 is 0.960 bits per heavy atom. The summed E-state index contributed by atoms with van der Waals surface area (Å²) < 4.78 is 27.3. The molecule has 0 aliphatic rings. The van der Waals surface area contributed by atoms with E-state index < -0.39 is 17.5 Å². The van der Waals surface area contributed by atoms with E-state index in [0.717, 1.165) is 12.1 Å². The summed E-state index contributed by atoms with van der Waals surface area (Å²) in [5.74, 6) is -2.11. The number of pyridine rings is 1. The maximum absolute atomic E-state index is 13.7. The summed E-state index contributed by atoms with van der Waals surface area (Å²) in [5.41, 5.74) is 0.371. The number of hydrogen-bond donors (Lipinski definition) is 2. The maximum atomic E-state index is 13.7. The summed E-state index contributed by atoms with van der Waals surface area (Å²) in [6.07, 6.45) is 2.95. The van der Waals surface area contributed by atoms with Gasteiger partial charge in [-0.1, -0.05) is 12.1 Å². The van der Waals surface area contributed by atoms with Crippen LogP contribution >= 0.6 is 0 Å². The van der Waals surface area contributed by atoms with Crippen LogP contribution in [-0.4, -0.2) is 20.9 Å². The van der Waals surface area contributed by atoms with Crippen LogP contribution in [0.4, 0.5) is 20.4 Å². The summed E-state index contributed by atoms with van der Waals surface area (Å²) in [7, 11) is 0. The van der Waals surface area contributed by atoms with Crippen molar-refractivity contribution in [3.63, 3.8) is 0 Å². The number of para-hydroxylation sites is 1. The van der Waals surface area contributed by atoms with Gasteiger partial charge in [0.15, 0.2) is 0 Å². The number of hydrogen-bond acceptors (Lipinski definition) is 5. The minimum Gasteiger partial charge on any atom is -0.345 e. The Hall–Kier alpha value is -3.42. The second-order valence-electron chi connectivity index (χ2n) is 4.99. The standard InChI is InChI=1S/C17H13F2N5O/c18-12-5-3-6-13(19)15(12)24-17-21-9-7-14(23-17)16(25)22-10-11-4-1-2-8-20-11/h1-9H,10H2,(H,22,25)(H,21,23,24). The van der Waals surface area contributed by atoms with Gasteiger partial charge in [-0.15, -0.1) is 0 Å². The van der Waals surface area contributed by atoms with Crippen LogP contribution in [0, 0.1) is 11.6 Å². The molecular formula is C17H13F2N5O. The first-order chi connectivity index (χ1) is 12.1. The van der Waals surface area contributed by atoms with Crippen molar-refractivity contribution in [2.75, 3.05) is 5.32 Å². The summed E-state index contributed by atoms with van der Waals surface area (Å²) in [6.45, 7) is 0.231. The van der Waals surface area contributed by atoms with E-state index in [4.69, 9.17) is 0 Å². The van der Waals surface area contributed by atoms with Crippen LogP contribution in [0.2, 0.25) is 0 Å². The molecule has 3 rings (SSSR count). The fraction of sp³-hybridized carbons (Fsp3) is 0.0588. The van der Waals surface area contributed by atoms with Crippen LogP contribution in [0.25, 0.3) is 0 Å². The molecule has 2 heterocycles. The molecule has 0 spiro atoms. The predicted octanol–water partition coefficient (Wildman–Crippen LogP) is 2.82. The van der Waals surface area contributed by atoms with Crippen LogP contribution in [0.15, 0.2) is 54.9 Å². The zero-order valence-electron chi connectivity index (χ0n) is 12.9. The number of halogens is 2. The number of aromatic nitrogens is 3. The molecule has 126 valence electrons. The van der Waals surface area contributed by atoms with Crippen LogP contribution < -0.4 is 10.6 Å². The Morgan fingerprint density at radius 2 is 1.76 bits per heavy atom. The molecule has 1 amide bonds. The highest BCUT2D eigenvalue weighted by atomic mass is 19.1. The number of nitrogens with zero attached hydrogens (tertiary/aromatic N) is 3. The molecule has 0 bridgehead atoms. The van der Waals surface area contributed by atoms with Crippen LogP contribution in [0.5, 0.6) is 0 Å². The second-order valence-corrected chi connectivity index (χ2v) is 4.99. The van der Waals surface area contributed by atoms with Gasteiger partial charge >= 0.3 is 0 Å². The summed E-state index contributed by atoms with van der Waals surface area (Å²) in [5, 5.41) is 5.11. The van der Waals surface area contributed by atoms with Gasteiger partial charge in [0.1, 0.15) is 23.0 Å². The zero-order valence-corrected chi connectivity index (χ0v) is 12.9. The van der Waals surface area contributed by atoms with Gasteiger partial charge in [-0.05, 0) is 30.3 Å². The summed E-state index contributed by atoms with van der Waals surface area (Å²) in [6, 6.07) is 10.2. The number of carbonyl (C=O) groups is 1. The monoisotopic (exact) mass is 341 g/mol.